The van der Waals surface area contributed by atoms with Crippen molar-refractivity contribution in [1.82, 2.24) is 9.80 Å². The number of nitrogens with zero attached hydrogens (tertiary/aromatic N) is 2. The lowest BCUT2D eigenvalue weighted by Gasteiger charge is -2.34. The first-order valence-corrected chi connectivity index (χ1v) is 10.7. The van der Waals surface area contributed by atoms with Gasteiger partial charge in [-0.25, -0.2) is 0 Å². The van der Waals surface area contributed by atoms with Crippen molar-refractivity contribution in [2.24, 2.45) is 0 Å². The highest BCUT2D eigenvalue weighted by atomic mass is 16.5. The maximum absolute atomic E-state index is 13.4. The number of hydrogen-bond donors (Lipinski definition) is 0. The lowest BCUT2D eigenvalue weighted by molar-refractivity contribution is 0.0339. The van der Waals surface area contributed by atoms with Gasteiger partial charge >= 0.3 is 0 Å². The lowest BCUT2D eigenvalue weighted by Crippen LogP contribution is -2.48. The molecule has 4 rings (SSSR count). The SMILES string of the molecule is CCC(N(C)Cc1c(C)ccc2ccccc12)N1C(=O)c2ccc(OC)c(OC)c2C1=O. The van der Waals surface area contributed by atoms with Gasteiger partial charge < -0.3 is 9.47 Å². The fourth-order valence-corrected chi connectivity index (χ4v) is 4.63. The van der Waals surface area contributed by atoms with Crippen molar-refractivity contribution in [2.45, 2.75) is 33.0 Å². The van der Waals surface area contributed by atoms with Crippen molar-refractivity contribution in [3.05, 3.63) is 70.8 Å². The summed E-state index contributed by atoms with van der Waals surface area (Å²) in [4.78, 5) is 30.2. The maximum Gasteiger partial charge on any atom is 0.266 e. The molecule has 2 amide bonds. The van der Waals surface area contributed by atoms with Gasteiger partial charge in [-0.1, -0.05) is 43.3 Å². The second-order valence-electron chi connectivity index (χ2n) is 8.09. The minimum Gasteiger partial charge on any atom is -0.493 e. The third kappa shape index (κ3) is 3.41. The summed E-state index contributed by atoms with van der Waals surface area (Å²) in [6.45, 7) is 4.69. The van der Waals surface area contributed by atoms with Crippen LogP contribution in [0.15, 0.2) is 48.5 Å². The Bertz CT molecular complexity index is 1200. The van der Waals surface area contributed by atoms with E-state index in [0.717, 1.165) is 0 Å². The molecule has 0 saturated carbocycles. The van der Waals surface area contributed by atoms with Gasteiger partial charge in [-0.2, -0.15) is 0 Å². The van der Waals surface area contributed by atoms with Crippen molar-refractivity contribution in [2.75, 3.05) is 21.3 Å². The summed E-state index contributed by atoms with van der Waals surface area (Å²) >= 11 is 0. The van der Waals surface area contributed by atoms with Crippen LogP contribution in [0.5, 0.6) is 11.5 Å². The van der Waals surface area contributed by atoms with Crippen molar-refractivity contribution in [1.29, 1.82) is 0 Å². The van der Waals surface area contributed by atoms with E-state index in [2.05, 4.69) is 36.1 Å². The Morgan fingerprint density at radius 3 is 2.41 bits per heavy atom. The van der Waals surface area contributed by atoms with Crippen LogP contribution in [0.2, 0.25) is 0 Å². The molecule has 166 valence electrons. The molecule has 0 fully saturated rings. The molecular weight excluding hydrogens is 404 g/mol. The molecule has 6 heteroatoms. The molecule has 6 nitrogen and oxygen atoms in total. The van der Waals surface area contributed by atoms with Crippen LogP contribution < -0.4 is 9.47 Å². The fraction of sp³-hybridized carbons (Fsp3) is 0.308. The van der Waals surface area contributed by atoms with Gasteiger partial charge in [0.1, 0.15) is 0 Å². The number of ether oxygens (including phenoxy) is 2. The van der Waals surface area contributed by atoms with E-state index in [-0.39, 0.29) is 17.4 Å². The van der Waals surface area contributed by atoms with Crippen LogP contribution in [-0.4, -0.2) is 49.0 Å². The Morgan fingerprint density at radius 2 is 1.72 bits per heavy atom. The first kappa shape index (κ1) is 21.8. The number of benzene rings is 3. The molecule has 1 atom stereocenters. The van der Waals surface area contributed by atoms with Crippen molar-refractivity contribution in [3.63, 3.8) is 0 Å². The van der Waals surface area contributed by atoms with E-state index in [1.165, 1.54) is 41.0 Å². The van der Waals surface area contributed by atoms with Crippen LogP contribution in [0.4, 0.5) is 0 Å². The van der Waals surface area contributed by atoms with Crippen molar-refractivity contribution < 1.29 is 19.1 Å². The second kappa shape index (κ2) is 8.63. The molecule has 3 aromatic carbocycles. The Labute approximate surface area is 188 Å². The van der Waals surface area contributed by atoms with Crippen LogP contribution in [0.25, 0.3) is 10.8 Å². The molecule has 1 aliphatic rings. The predicted molar refractivity (Wildman–Crippen MR) is 124 cm³/mol. The van der Waals surface area contributed by atoms with E-state index < -0.39 is 6.17 Å². The lowest BCUT2D eigenvalue weighted by atomic mass is 9.99. The van der Waals surface area contributed by atoms with E-state index in [1.54, 1.807) is 12.1 Å². The van der Waals surface area contributed by atoms with E-state index >= 15 is 0 Å². The van der Waals surface area contributed by atoms with Gasteiger partial charge in [-0.15, -0.1) is 0 Å². The zero-order chi connectivity index (χ0) is 23.0. The van der Waals surface area contributed by atoms with Crippen molar-refractivity contribution >= 4 is 22.6 Å². The van der Waals surface area contributed by atoms with Crippen LogP contribution >= 0.6 is 0 Å². The quantitative estimate of drug-likeness (QED) is 0.510. The Balaban J connectivity index is 1.70. The van der Waals surface area contributed by atoms with Crippen LogP contribution in [0.1, 0.15) is 45.2 Å². The highest BCUT2D eigenvalue weighted by molar-refractivity contribution is 6.23. The Hall–Kier alpha value is -3.38. The number of aryl methyl sites for hydroxylation is 1. The molecule has 1 heterocycles. The van der Waals surface area contributed by atoms with Gasteiger partial charge in [0.2, 0.25) is 0 Å². The zero-order valence-corrected chi connectivity index (χ0v) is 19.1. The average molecular weight is 433 g/mol. The summed E-state index contributed by atoms with van der Waals surface area (Å²) in [5.74, 6) is 0.0728. The highest BCUT2D eigenvalue weighted by Gasteiger charge is 2.43. The topological polar surface area (TPSA) is 59.1 Å². The summed E-state index contributed by atoms with van der Waals surface area (Å²) in [6, 6.07) is 15.8. The first-order valence-electron chi connectivity index (χ1n) is 10.7. The van der Waals surface area contributed by atoms with Gasteiger partial charge in [-0.3, -0.25) is 19.4 Å². The molecular formula is C26H28N2O4. The summed E-state index contributed by atoms with van der Waals surface area (Å²) in [7, 11) is 4.94. The molecule has 3 aromatic rings. The summed E-state index contributed by atoms with van der Waals surface area (Å²) in [5, 5.41) is 2.36. The number of methoxy groups -OCH3 is 2. The molecule has 0 radical (unpaired) electrons. The number of amides is 2. The standard InChI is InChI=1S/C26H28N2O4/c1-6-22(27(3)15-20-16(2)11-12-17-9-7-8-10-18(17)20)28-25(29)19-13-14-21(31-4)24(32-5)23(19)26(28)30/h7-14,22H,6,15H2,1-5H3. The molecule has 32 heavy (non-hydrogen) atoms. The number of carbonyl (C=O) groups is 2. The summed E-state index contributed by atoms with van der Waals surface area (Å²) in [5.41, 5.74) is 2.99. The number of carbonyl (C=O) groups excluding carboxylic acids is 2. The highest BCUT2D eigenvalue weighted by Crippen LogP contribution is 2.39. The van der Waals surface area contributed by atoms with E-state index in [9.17, 15) is 9.59 Å². The van der Waals surface area contributed by atoms with E-state index in [0.29, 0.717) is 30.0 Å². The third-order valence-corrected chi connectivity index (χ3v) is 6.28. The fourth-order valence-electron chi connectivity index (χ4n) is 4.63. The first-order chi connectivity index (χ1) is 15.4. The smallest absolute Gasteiger partial charge is 0.266 e. The Morgan fingerprint density at radius 1 is 0.969 bits per heavy atom. The van der Waals surface area contributed by atoms with Crippen LogP contribution in [0, 0.1) is 6.92 Å². The average Bonchev–Trinajstić information content (AvgIpc) is 3.06. The number of fused-ring (bicyclic) bond motifs is 2. The summed E-state index contributed by atoms with van der Waals surface area (Å²) < 4.78 is 10.8. The van der Waals surface area contributed by atoms with Gasteiger partial charge in [0.25, 0.3) is 11.8 Å². The molecule has 0 bridgehead atoms. The normalized spacial score (nSPS) is 14.2. The van der Waals surface area contributed by atoms with Gasteiger partial charge in [0, 0.05) is 6.54 Å². The molecule has 0 saturated heterocycles. The van der Waals surface area contributed by atoms with Crippen LogP contribution in [0.3, 0.4) is 0 Å². The van der Waals surface area contributed by atoms with Gasteiger partial charge in [0.15, 0.2) is 11.5 Å². The van der Waals surface area contributed by atoms with E-state index in [1.807, 2.05) is 26.1 Å². The zero-order valence-electron chi connectivity index (χ0n) is 19.1. The molecule has 0 aromatic heterocycles. The second-order valence-corrected chi connectivity index (χ2v) is 8.09. The molecule has 0 aliphatic carbocycles. The maximum atomic E-state index is 13.4. The third-order valence-electron chi connectivity index (χ3n) is 6.28. The van der Waals surface area contributed by atoms with Gasteiger partial charge in [-0.05, 0) is 54.4 Å². The molecule has 1 unspecified atom stereocenters. The Kier molecular flexibility index (Phi) is 5.89. The minimum atomic E-state index is -0.392. The molecule has 1 aliphatic heterocycles. The predicted octanol–water partition coefficient (Wildman–Crippen LogP) is 4.63. The largest absolute Gasteiger partial charge is 0.493 e. The monoisotopic (exact) mass is 432 g/mol. The van der Waals surface area contributed by atoms with Crippen LogP contribution in [-0.2, 0) is 6.54 Å². The number of rotatable bonds is 7. The molecule has 0 spiro atoms. The minimum absolute atomic E-state index is 0.269. The molecule has 0 N–H and O–H groups in total. The number of imide groups is 1. The summed E-state index contributed by atoms with van der Waals surface area (Å²) in [6.07, 6.45) is 0.210. The number of hydrogen-bond acceptors (Lipinski definition) is 5. The van der Waals surface area contributed by atoms with Gasteiger partial charge in [0.05, 0.1) is 31.5 Å². The van der Waals surface area contributed by atoms with E-state index in [4.69, 9.17) is 9.47 Å². The van der Waals surface area contributed by atoms with Crippen molar-refractivity contribution in [3.8, 4) is 11.5 Å².